The first-order valence-electron chi connectivity index (χ1n) is 11.3. The van der Waals surface area contributed by atoms with Gasteiger partial charge in [-0.05, 0) is 71.4 Å². The summed E-state index contributed by atoms with van der Waals surface area (Å²) in [7, 11) is -3.82. The van der Waals surface area contributed by atoms with E-state index in [1.165, 1.54) is 12.1 Å². The number of morpholine rings is 1. The summed E-state index contributed by atoms with van der Waals surface area (Å²) < 4.78 is 34.2. The van der Waals surface area contributed by atoms with Crippen LogP contribution in [0, 0.1) is 13.8 Å². The quantitative estimate of drug-likeness (QED) is 0.640. The number of aryl methyl sites for hydroxylation is 2. The number of hydrogen-bond donors (Lipinski definition) is 2. The van der Waals surface area contributed by atoms with Gasteiger partial charge < -0.3 is 10.1 Å². The molecule has 0 aliphatic carbocycles. The van der Waals surface area contributed by atoms with Crippen molar-refractivity contribution in [3.63, 3.8) is 0 Å². The molecule has 8 heteroatoms. The lowest BCUT2D eigenvalue weighted by Gasteiger charge is -2.45. The van der Waals surface area contributed by atoms with Gasteiger partial charge >= 0.3 is 0 Å². The molecule has 2 atom stereocenters. The van der Waals surface area contributed by atoms with Crippen LogP contribution in [0.1, 0.15) is 49.2 Å². The number of carbonyl (C=O) groups is 1. The number of anilines is 1. The van der Waals surface area contributed by atoms with Crippen LogP contribution in [-0.4, -0.2) is 56.6 Å². The highest BCUT2D eigenvalue weighted by atomic mass is 32.2. The van der Waals surface area contributed by atoms with Crippen LogP contribution in [0.2, 0.25) is 0 Å². The number of ether oxygens (including phenoxy) is 1. The molecule has 1 heterocycles. The van der Waals surface area contributed by atoms with Gasteiger partial charge in [0.1, 0.15) is 0 Å². The van der Waals surface area contributed by atoms with Crippen molar-refractivity contribution in [2.75, 3.05) is 24.4 Å². The van der Waals surface area contributed by atoms with E-state index in [4.69, 9.17) is 4.74 Å². The monoisotopic (exact) mass is 473 g/mol. The fourth-order valence-electron chi connectivity index (χ4n) is 4.02. The first-order valence-corrected chi connectivity index (χ1v) is 12.7. The summed E-state index contributed by atoms with van der Waals surface area (Å²) in [5.74, 6) is -0.290. The van der Waals surface area contributed by atoms with Crippen molar-refractivity contribution in [2.45, 2.75) is 64.2 Å². The lowest BCUT2D eigenvalue weighted by molar-refractivity contribution is -0.0948. The summed E-state index contributed by atoms with van der Waals surface area (Å²) in [6, 6.07) is 11.7. The van der Waals surface area contributed by atoms with Crippen molar-refractivity contribution < 1.29 is 17.9 Å². The van der Waals surface area contributed by atoms with Crippen LogP contribution in [-0.2, 0) is 14.8 Å². The molecule has 1 saturated heterocycles. The number of hydrogen-bond acceptors (Lipinski definition) is 5. The molecule has 1 aliphatic heterocycles. The van der Waals surface area contributed by atoms with Crippen molar-refractivity contribution in [2.24, 2.45) is 0 Å². The molecule has 2 aromatic rings. The maximum Gasteiger partial charge on any atom is 0.261 e. The fourth-order valence-corrected chi connectivity index (χ4v) is 5.11. The van der Waals surface area contributed by atoms with Crippen molar-refractivity contribution in [1.29, 1.82) is 0 Å². The van der Waals surface area contributed by atoms with Crippen LogP contribution >= 0.6 is 0 Å². The van der Waals surface area contributed by atoms with Gasteiger partial charge in [-0.3, -0.25) is 14.4 Å². The third-order valence-electron chi connectivity index (χ3n) is 6.02. The average molecular weight is 474 g/mol. The Morgan fingerprint density at radius 1 is 1.06 bits per heavy atom. The van der Waals surface area contributed by atoms with Crippen molar-refractivity contribution in [3.8, 4) is 0 Å². The molecule has 1 amide bonds. The maximum atomic E-state index is 13.0. The van der Waals surface area contributed by atoms with Crippen LogP contribution in [0.4, 0.5) is 5.69 Å². The van der Waals surface area contributed by atoms with Crippen molar-refractivity contribution in [1.82, 2.24) is 10.2 Å². The molecule has 7 nitrogen and oxygen atoms in total. The van der Waals surface area contributed by atoms with Crippen LogP contribution in [0.25, 0.3) is 0 Å². The van der Waals surface area contributed by atoms with Gasteiger partial charge in [-0.15, -0.1) is 0 Å². The molecule has 0 aromatic heterocycles. The Hall–Kier alpha value is -2.42. The Kier molecular flexibility index (Phi) is 7.51. The molecule has 0 bridgehead atoms. The fraction of sp³-hybridized carbons (Fsp3) is 0.480. The molecule has 3 rings (SSSR count). The van der Waals surface area contributed by atoms with E-state index in [-0.39, 0.29) is 28.5 Å². The Bertz CT molecular complexity index is 1090. The topological polar surface area (TPSA) is 87.7 Å². The van der Waals surface area contributed by atoms with Gasteiger partial charge in [0.15, 0.2) is 0 Å². The summed E-state index contributed by atoms with van der Waals surface area (Å²) in [4.78, 5) is 15.4. The number of nitrogens with zero attached hydrogens (tertiary/aromatic N) is 1. The van der Waals surface area contributed by atoms with Gasteiger partial charge in [0.25, 0.3) is 15.9 Å². The highest BCUT2D eigenvalue weighted by molar-refractivity contribution is 7.92. The summed E-state index contributed by atoms with van der Waals surface area (Å²) >= 11 is 0. The second kappa shape index (κ2) is 9.83. The number of amides is 1. The molecule has 1 aliphatic rings. The predicted octanol–water partition coefficient (Wildman–Crippen LogP) is 3.72. The van der Waals surface area contributed by atoms with Crippen LogP contribution in [0.3, 0.4) is 0 Å². The summed E-state index contributed by atoms with van der Waals surface area (Å²) in [6.07, 6.45) is 0.266. The van der Waals surface area contributed by atoms with Crippen molar-refractivity contribution >= 4 is 21.6 Å². The lowest BCUT2D eigenvalue weighted by Crippen LogP contribution is -2.58. The third kappa shape index (κ3) is 6.34. The zero-order valence-electron chi connectivity index (χ0n) is 20.3. The lowest BCUT2D eigenvalue weighted by atomic mass is 9.99. The highest BCUT2D eigenvalue weighted by Gasteiger charge is 2.33. The van der Waals surface area contributed by atoms with E-state index in [1.807, 2.05) is 19.1 Å². The van der Waals surface area contributed by atoms with E-state index in [1.54, 1.807) is 25.1 Å². The minimum absolute atomic E-state index is 0.0499. The van der Waals surface area contributed by atoms with E-state index >= 15 is 0 Å². The minimum atomic E-state index is -3.82. The molecule has 0 radical (unpaired) electrons. The first-order chi connectivity index (χ1) is 15.4. The summed E-state index contributed by atoms with van der Waals surface area (Å²) in [5.41, 5.74) is 2.31. The van der Waals surface area contributed by atoms with E-state index in [9.17, 15) is 13.2 Å². The standard InChI is InChI=1S/C25H35N3O4S/c1-17-7-10-21(11-8-17)27-33(30,31)22-12-9-18(2)23(13-22)24(29)26-16-25(5,6)28-14-19(3)32-20(4)15-28/h7-13,19-20,27H,14-16H2,1-6H3,(H,26,29). The second-order valence-electron chi connectivity index (χ2n) is 9.61. The van der Waals surface area contributed by atoms with E-state index < -0.39 is 10.0 Å². The van der Waals surface area contributed by atoms with Gasteiger partial charge in [-0.25, -0.2) is 8.42 Å². The largest absolute Gasteiger partial charge is 0.373 e. The van der Waals surface area contributed by atoms with Crippen LogP contribution in [0.5, 0.6) is 0 Å². The summed E-state index contributed by atoms with van der Waals surface area (Å²) in [5, 5.41) is 3.00. The average Bonchev–Trinajstić information content (AvgIpc) is 2.73. The first kappa shape index (κ1) is 25.2. The van der Waals surface area contributed by atoms with Gasteiger partial charge in [0.05, 0.1) is 17.1 Å². The summed E-state index contributed by atoms with van der Waals surface area (Å²) in [6.45, 7) is 14.1. The van der Waals surface area contributed by atoms with Gasteiger partial charge in [-0.1, -0.05) is 23.8 Å². The Morgan fingerprint density at radius 3 is 2.27 bits per heavy atom. The smallest absolute Gasteiger partial charge is 0.261 e. The minimum Gasteiger partial charge on any atom is -0.373 e. The molecular weight excluding hydrogens is 438 g/mol. The zero-order chi connectivity index (χ0) is 24.4. The third-order valence-corrected chi connectivity index (χ3v) is 7.40. The Morgan fingerprint density at radius 2 is 1.67 bits per heavy atom. The molecule has 2 N–H and O–H groups in total. The van der Waals surface area contributed by atoms with Crippen LogP contribution in [0.15, 0.2) is 47.4 Å². The van der Waals surface area contributed by atoms with E-state index in [0.29, 0.717) is 23.4 Å². The van der Waals surface area contributed by atoms with E-state index in [2.05, 4.69) is 42.6 Å². The second-order valence-corrected chi connectivity index (χ2v) is 11.3. The van der Waals surface area contributed by atoms with Gasteiger partial charge in [-0.2, -0.15) is 0 Å². The molecule has 0 spiro atoms. The highest BCUT2D eigenvalue weighted by Crippen LogP contribution is 2.22. The molecule has 2 aromatic carbocycles. The number of sulfonamides is 1. The molecule has 180 valence electrons. The Balaban J connectivity index is 1.73. The normalized spacial score (nSPS) is 19.8. The molecule has 2 unspecified atom stereocenters. The zero-order valence-corrected chi connectivity index (χ0v) is 21.1. The molecular formula is C25H35N3O4S. The van der Waals surface area contributed by atoms with Gasteiger partial charge in [0.2, 0.25) is 0 Å². The van der Waals surface area contributed by atoms with Gasteiger partial charge in [0, 0.05) is 36.4 Å². The predicted molar refractivity (Wildman–Crippen MR) is 131 cm³/mol. The maximum absolute atomic E-state index is 13.0. The molecule has 33 heavy (non-hydrogen) atoms. The Labute approximate surface area is 197 Å². The van der Waals surface area contributed by atoms with Crippen LogP contribution < -0.4 is 10.0 Å². The van der Waals surface area contributed by atoms with Crippen molar-refractivity contribution in [3.05, 3.63) is 59.2 Å². The number of benzene rings is 2. The van der Waals surface area contributed by atoms with E-state index in [0.717, 1.165) is 18.7 Å². The number of rotatable bonds is 7. The SMILES string of the molecule is Cc1ccc(NS(=O)(=O)c2ccc(C)c(C(=O)NCC(C)(C)N3CC(C)OC(C)C3)c2)cc1. The molecule has 1 fully saturated rings. The number of nitrogens with one attached hydrogen (secondary N) is 2. The number of carbonyl (C=O) groups excluding carboxylic acids is 1. The molecule has 0 saturated carbocycles.